The lowest BCUT2D eigenvalue weighted by molar-refractivity contribution is 0.306. The van der Waals surface area contributed by atoms with Crippen molar-refractivity contribution in [1.29, 1.82) is 0 Å². The summed E-state index contributed by atoms with van der Waals surface area (Å²) in [6, 6.07) is 3.40. The first kappa shape index (κ1) is 12.9. The van der Waals surface area contributed by atoms with E-state index >= 15 is 0 Å². The lowest BCUT2D eigenvalue weighted by atomic mass is 9.97. The first-order chi connectivity index (χ1) is 8.95. The van der Waals surface area contributed by atoms with Crippen LogP contribution in [0.1, 0.15) is 38.1 Å². The number of hydrogen-bond donors (Lipinski definition) is 0. The molecule has 2 aromatic rings. The zero-order valence-electron chi connectivity index (χ0n) is 11.5. The molecule has 0 radical (unpaired) electrons. The molecule has 1 aromatic heterocycles. The molecule has 0 amide bonds. The Morgan fingerprint density at radius 2 is 2.11 bits per heavy atom. The molecular weight excluding hydrogens is 263 g/mol. The number of hydrogen-bond acceptors (Lipinski definition) is 1. The average Bonchev–Trinajstić information content (AvgIpc) is 3.13. The molecule has 0 N–H and O–H groups in total. The molecule has 102 valence electrons. The summed E-state index contributed by atoms with van der Waals surface area (Å²) in [5, 5.41) is 0. The van der Waals surface area contributed by atoms with Crippen LogP contribution in [-0.4, -0.2) is 9.55 Å². The smallest absolute Gasteiger partial charge is 0.128 e. The molecule has 19 heavy (non-hydrogen) atoms. The van der Waals surface area contributed by atoms with E-state index < -0.39 is 0 Å². The molecule has 0 atom stereocenters. The van der Waals surface area contributed by atoms with E-state index in [-0.39, 0.29) is 11.4 Å². The van der Waals surface area contributed by atoms with Gasteiger partial charge in [0.25, 0.3) is 0 Å². The van der Waals surface area contributed by atoms with Crippen LogP contribution in [0, 0.1) is 18.7 Å². The van der Waals surface area contributed by atoms with Gasteiger partial charge in [-0.1, -0.05) is 0 Å². The number of rotatable bonds is 3. The van der Waals surface area contributed by atoms with Crippen LogP contribution in [-0.2, 0) is 11.4 Å². The van der Waals surface area contributed by atoms with Crippen molar-refractivity contribution in [2.45, 2.75) is 45.0 Å². The minimum absolute atomic E-state index is 0.0107. The number of benzene rings is 1. The Labute approximate surface area is 117 Å². The second-order valence-corrected chi connectivity index (χ2v) is 6.28. The van der Waals surface area contributed by atoms with E-state index in [1.807, 2.05) is 6.07 Å². The standard InChI is InChI=1S/C15H18ClFN2/c1-9-6-13-12(7-11(9)17)18-14(8-16)19(13)15(2,3)10-4-5-10/h6-7,10H,4-5,8H2,1-3H3. The van der Waals surface area contributed by atoms with E-state index in [9.17, 15) is 4.39 Å². The zero-order chi connectivity index (χ0) is 13.8. The fourth-order valence-electron chi connectivity index (χ4n) is 2.96. The van der Waals surface area contributed by atoms with Gasteiger partial charge in [0, 0.05) is 11.6 Å². The molecule has 1 aliphatic rings. The lowest BCUT2D eigenvalue weighted by Gasteiger charge is -2.29. The summed E-state index contributed by atoms with van der Waals surface area (Å²) >= 11 is 6.04. The molecule has 2 nitrogen and oxygen atoms in total. The summed E-state index contributed by atoms with van der Waals surface area (Å²) in [5.41, 5.74) is 2.34. The molecule has 1 aromatic carbocycles. The van der Waals surface area contributed by atoms with Gasteiger partial charge in [-0.2, -0.15) is 0 Å². The Balaban J connectivity index is 2.29. The van der Waals surface area contributed by atoms with Gasteiger partial charge in [-0.05, 0) is 51.2 Å². The van der Waals surface area contributed by atoms with Gasteiger partial charge in [-0.25, -0.2) is 9.37 Å². The Bertz CT molecular complexity index is 641. The maximum atomic E-state index is 13.7. The van der Waals surface area contributed by atoms with E-state index in [0.29, 0.717) is 22.9 Å². The molecule has 1 aliphatic carbocycles. The van der Waals surface area contributed by atoms with Crippen LogP contribution < -0.4 is 0 Å². The van der Waals surface area contributed by atoms with Crippen molar-refractivity contribution in [2.24, 2.45) is 5.92 Å². The van der Waals surface area contributed by atoms with Crippen molar-refractivity contribution < 1.29 is 4.39 Å². The highest BCUT2D eigenvalue weighted by Gasteiger charge is 2.41. The molecule has 1 fully saturated rings. The van der Waals surface area contributed by atoms with Crippen molar-refractivity contribution in [2.75, 3.05) is 0 Å². The third-order valence-corrected chi connectivity index (χ3v) is 4.52. The molecule has 1 saturated carbocycles. The number of aryl methyl sites for hydroxylation is 1. The first-order valence-electron chi connectivity index (χ1n) is 6.69. The first-order valence-corrected chi connectivity index (χ1v) is 7.22. The number of fused-ring (bicyclic) bond motifs is 1. The van der Waals surface area contributed by atoms with Crippen molar-refractivity contribution in [3.63, 3.8) is 0 Å². The maximum Gasteiger partial charge on any atom is 0.128 e. The normalized spacial score (nSPS) is 16.3. The van der Waals surface area contributed by atoms with Crippen LogP contribution in [0.5, 0.6) is 0 Å². The summed E-state index contributed by atoms with van der Waals surface area (Å²) in [5.74, 6) is 1.64. The summed E-state index contributed by atoms with van der Waals surface area (Å²) in [7, 11) is 0. The molecule has 4 heteroatoms. The van der Waals surface area contributed by atoms with Crippen LogP contribution >= 0.6 is 11.6 Å². The van der Waals surface area contributed by atoms with Crippen LogP contribution in [0.15, 0.2) is 12.1 Å². The van der Waals surface area contributed by atoms with Crippen molar-refractivity contribution in [3.05, 3.63) is 29.3 Å². The molecule has 3 rings (SSSR count). The lowest BCUT2D eigenvalue weighted by Crippen LogP contribution is -2.30. The van der Waals surface area contributed by atoms with Crippen molar-refractivity contribution >= 4 is 22.6 Å². The SMILES string of the molecule is Cc1cc2c(cc1F)nc(CCl)n2C(C)(C)C1CC1. The number of halogens is 2. The van der Waals surface area contributed by atoms with E-state index in [4.69, 9.17) is 11.6 Å². The Morgan fingerprint density at radius 1 is 1.42 bits per heavy atom. The Morgan fingerprint density at radius 3 is 2.68 bits per heavy atom. The van der Waals surface area contributed by atoms with E-state index in [1.54, 1.807) is 6.92 Å². The Hall–Kier alpha value is -1.09. The van der Waals surface area contributed by atoms with Gasteiger partial charge in [0.2, 0.25) is 0 Å². The number of imidazole rings is 1. The largest absolute Gasteiger partial charge is 0.321 e. The van der Waals surface area contributed by atoms with Crippen LogP contribution in [0.3, 0.4) is 0 Å². The quantitative estimate of drug-likeness (QED) is 0.764. The van der Waals surface area contributed by atoms with E-state index in [1.165, 1.54) is 18.9 Å². The van der Waals surface area contributed by atoms with Gasteiger partial charge < -0.3 is 4.57 Å². The monoisotopic (exact) mass is 280 g/mol. The molecule has 0 spiro atoms. The van der Waals surface area contributed by atoms with Gasteiger partial charge in [0.05, 0.1) is 16.9 Å². The topological polar surface area (TPSA) is 17.8 Å². The minimum Gasteiger partial charge on any atom is -0.321 e. The number of nitrogens with zero attached hydrogens (tertiary/aromatic N) is 2. The highest BCUT2D eigenvalue weighted by Crippen LogP contribution is 2.45. The fraction of sp³-hybridized carbons (Fsp3) is 0.533. The average molecular weight is 281 g/mol. The highest BCUT2D eigenvalue weighted by molar-refractivity contribution is 6.16. The van der Waals surface area contributed by atoms with Gasteiger partial charge in [0.15, 0.2) is 0 Å². The molecular formula is C15H18ClFN2. The van der Waals surface area contributed by atoms with E-state index in [0.717, 1.165) is 11.3 Å². The molecule has 0 saturated heterocycles. The summed E-state index contributed by atoms with van der Waals surface area (Å²) in [6.07, 6.45) is 2.49. The van der Waals surface area contributed by atoms with Crippen molar-refractivity contribution in [1.82, 2.24) is 9.55 Å². The van der Waals surface area contributed by atoms with Crippen LogP contribution in [0.25, 0.3) is 11.0 Å². The van der Waals surface area contributed by atoms with Gasteiger partial charge in [-0.15, -0.1) is 11.6 Å². The van der Waals surface area contributed by atoms with Crippen LogP contribution in [0.4, 0.5) is 4.39 Å². The summed E-state index contributed by atoms with van der Waals surface area (Å²) in [6.45, 7) is 6.23. The fourth-order valence-corrected chi connectivity index (χ4v) is 3.14. The second-order valence-electron chi connectivity index (χ2n) is 6.02. The minimum atomic E-state index is -0.206. The number of alkyl halides is 1. The van der Waals surface area contributed by atoms with Crippen LogP contribution in [0.2, 0.25) is 0 Å². The molecule has 0 unspecified atom stereocenters. The predicted octanol–water partition coefficient (Wildman–Crippen LogP) is 4.37. The molecule has 0 aliphatic heterocycles. The van der Waals surface area contributed by atoms with Gasteiger partial charge in [0.1, 0.15) is 11.6 Å². The van der Waals surface area contributed by atoms with Crippen molar-refractivity contribution in [3.8, 4) is 0 Å². The third-order valence-electron chi connectivity index (χ3n) is 4.28. The Kier molecular flexibility index (Phi) is 2.86. The predicted molar refractivity (Wildman–Crippen MR) is 76.0 cm³/mol. The zero-order valence-corrected chi connectivity index (χ0v) is 12.3. The molecule has 1 heterocycles. The van der Waals surface area contributed by atoms with E-state index in [2.05, 4.69) is 23.4 Å². The van der Waals surface area contributed by atoms with Gasteiger partial charge >= 0.3 is 0 Å². The third kappa shape index (κ3) is 1.95. The second kappa shape index (κ2) is 4.20. The highest BCUT2D eigenvalue weighted by atomic mass is 35.5. The van der Waals surface area contributed by atoms with Gasteiger partial charge in [-0.3, -0.25) is 0 Å². The number of aromatic nitrogens is 2. The summed E-state index contributed by atoms with van der Waals surface area (Å²) in [4.78, 5) is 4.50. The maximum absolute atomic E-state index is 13.7. The molecule has 0 bridgehead atoms. The summed E-state index contributed by atoms with van der Waals surface area (Å²) < 4.78 is 15.9.